The van der Waals surface area contributed by atoms with Crippen LogP contribution in [0.3, 0.4) is 0 Å². The molecule has 3 nitrogen and oxygen atoms in total. The summed E-state index contributed by atoms with van der Waals surface area (Å²) in [7, 11) is 0. The predicted molar refractivity (Wildman–Crippen MR) is 53.3 cm³/mol. The van der Waals surface area contributed by atoms with E-state index in [2.05, 4.69) is 0 Å². The third-order valence-electron chi connectivity index (χ3n) is 1.89. The Labute approximate surface area is 80.6 Å². The van der Waals surface area contributed by atoms with Crippen molar-refractivity contribution in [1.82, 2.24) is 0 Å². The van der Waals surface area contributed by atoms with Crippen molar-refractivity contribution < 1.29 is 9.53 Å². The van der Waals surface area contributed by atoms with Crippen LogP contribution in [-0.2, 0) is 9.53 Å². The molecule has 0 aromatic heterocycles. The zero-order valence-electron chi connectivity index (χ0n) is 9.26. The molecule has 0 rings (SSSR count). The molecule has 0 saturated heterocycles. The first kappa shape index (κ1) is 12.4. The Bertz CT molecular complexity index is 172. The molecule has 0 bridgehead atoms. The highest BCUT2D eigenvalue weighted by Gasteiger charge is 2.25. The first-order chi connectivity index (χ1) is 5.78. The third kappa shape index (κ3) is 4.88. The van der Waals surface area contributed by atoms with Crippen molar-refractivity contribution in [1.29, 1.82) is 0 Å². The second kappa shape index (κ2) is 4.61. The molecule has 2 atom stereocenters. The average Bonchev–Trinajstić information content (AvgIpc) is 1.98. The van der Waals surface area contributed by atoms with E-state index in [9.17, 15) is 4.79 Å². The van der Waals surface area contributed by atoms with Gasteiger partial charge in [0.25, 0.3) is 0 Å². The Morgan fingerprint density at radius 2 is 1.92 bits per heavy atom. The Morgan fingerprint density at radius 1 is 1.46 bits per heavy atom. The minimum Gasteiger partial charge on any atom is -0.460 e. The summed E-state index contributed by atoms with van der Waals surface area (Å²) in [5.74, 6) is -0.425. The summed E-state index contributed by atoms with van der Waals surface area (Å²) in [6, 6.07) is -0.102. The molecular weight excluding hydrogens is 166 g/mol. The molecule has 0 fully saturated rings. The van der Waals surface area contributed by atoms with Crippen molar-refractivity contribution in [2.45, 2.75) is 52.7 Å². The lowest BCUT2D eigenvalue weighted by molar-refractivity contribution is -0.160. The first-order valence-electron chi connectivity index (χ1n) is 4.76. The van der Waals surface area contributed by atoms with Crippen LogP contribution in [0.2, 0.25) is 0 Å². The van der Waals surface area contributed by atoms with Crippen molar-refractivity contribution in [3.8, 4) is 0 Å². The number of carbonyl (C=O) groups is 1. The van der Waals surface area contributed by atoms with Gasteiger partial charge in [-0.2, -0.15) is 0 Å². The van der Waals surface area contributed by atoms with Crippen molar-refractivity contribution in [2.24, 2.45) is 11.7 Å². The number of hydrogen-bond acceptors (Lipinski definition) is 3. The maximum atomic E-state index is 11.5. The molecule has 0 aromatic carbocycles. The van der Waals surface area contributed by atoms with Gasteiger partial charge >= 0.3 is 5.97 Å². The molecule has 3 heteroatoms. The fourth-order valence-corrected chi connectivity index (χ4v) is 0.923. The van der Waals surface area contributed by atoms with E-state index in [-0.39, 0.29) is 17.9 Å². The van der Waals surface area contributed by atoms with Gasteiger partial charge in [-0.05, 0) is 27.2 Å². The van der Waals surface area contributed by atoms with Gasteiger partial charge in [0.1, 0.15) is 5.60 Å². The van der Waals surface area contributed by atoms with Crippen LogP contribution in [0, 0.1) is 5.92 Å². The lowest BCUT2D eigenvalue weighted by atomic mass is 10.0. The molecule has 0 radical (unpaired) electrons. The Kier molecular flexibility index (Phi) is 4.40. The Morgan fingerprint density at radius 3 is 2.23 bits per heavy atom. The van der Waals surface area contributed by atoms with E-state index in [1.807, 2.05) is 34.6 Å². The maximum absolute atomic E-state index is 11.5. The number of esters is 1. The summed E-state index contributed by atoms with van der Waals surface area (Å²) in [5, 5.41) is 0. The van der Waals surface area contributed by atoms with E-state index in [1.165, 1.54) is 0 Å². The molecule has 0 aliphatic heterocycles. The Balaban J connectivity index is 4.12. The number of rotatable bonds is 3. The fourth-order valence-electron chi connectivity index (χ4n) is 0.923. The lowest BCUT2D eigenvalue weighted by Crippen LogP contribution is -2.37. The van der Waals surface area contributed by atoms with Crippen LogP contribution in [0.15, 0.2) is 0 Å². The number of ether oxygens (including phenoxy) is 1. The summed E-state index contributed by atoms with van der Waals surface area (Å²) < 4.78 is 5.20. The minimum atomic E-state index is -0.418. The van der Waals surface area contributed by atoms with E-state index < -0.39 is 5.60 Å². The van der Waals surface area contributed by atoms with Gasteiger partial charge in [-0.3, -0.25) is 4.79 Å². The maximum Gasteiger partial charge on any atom is 0.310 e. The smallest absolute Gasteiger partial charge is 0.310 e. The second-order valence-electron chi connectivity index (χ2n) is 4.39. The second-order valence-corrected chi connectivity index (χ2v) is 4.39. The highest BCUT2D eigenvalue weighted by molar-refractivity contribution is 5.73. The highest BCUT2D eigenvalue weighted by atomic mass is 16.6. The molecule has 0 spiro atoms. The standard InChI is InChI=1S/C10H21NO2/c1-6-8(11)7(2)9(12)13-10(3,4)5/h7-8H,6,11H2,1-5H3/t7-,8-/m0/s1. The van der Waals surface area contributed by atoms with E-state index in [0.29, 0.717) is 0 Å². The van der Waals surface area contributed by atoms with E-state index in [0.717, 1.165) is 6.42 Å². The fraction of sp³-hybridized carbons (Fsp3) is 0.900. The normalized spacial score (nSPS) is 16.5. The summed E-state index contributed by atoms with van der Waals surface area (Å²) in [6.45, 7) is 9.34. The first-order valence-corrected chi connectivity index (χ1v) is 4.76. The van der Waals surface area contributed by atoms with Crippen LogP contribution in [0.25, 0.3) is 0 Å². The van der Waals surface area contributed by atoms with Crippen LogP contribution in [0.4, 0.5) is 0 Å². The SMILES string of the molecule is CC[C@H](N)[C@H](C)C(=O)OC(C)(C)C. The molecule has 0 aliphatic rings. The van der Waals surface area contributed by atoms with Gasteiger partial charge in [0.15, 0.2) is 0 Å². The summed E-state index contributed by atoms with van der Waals surface area (Å²) in [6.07, 6.45) is 0.792. The zero-order chi connectivity index (χ0) is 10.6. The summed E-state index contributed by atoms with van der Waals surface area (Å²) in [5.41, 5.74) is 5.32. The molecular formula is C10H21NO2. The Hall–Kier alpha value is -0.570. The van der Waals surface area contributed by atoms with Crippen LogP contribution < -0.4 is 5.73 Å². The number of nitrogens with two attached hydrogens (primary N) is 1. The van der Waals surface area contributed by atoms with E-state index in [1.54, 1.807) is 0 Å². The van der Waals surface area contributed by atoms with Crippen molar-refractivity contribution in [3.05, 3.63) is 0 Å². The molecule has 13 heavy (non-hydrogen) atoms. The number of carbonyl (C=O) groups excluding carboxylic acids is 1. The van der Waals surface area contributed by atoms with Crippen LogP contribution in [0.1, 0.15) is 41.0 Å². The topological polar surface area (TPSA) is 52.3 Å². The average molecular weight is 187 g/mol. The molecule has 0 heterocycles. The van der Waals surface area contributed by atoms with Crippen molar-refractivity contribution >= 4 is 5.97 Å². The lowest BCUT2D eigenvalue weighted by Gasteiger charge is -2.24. The van der Waals surface area contributed by atoms with Gasteiger partial charge in [-0.25, -0.2) is 0 Å². The summed E-state index contributed by atoms with van der Waals surface area (Å²) in [4.78, 5) is 11.5. The molecule has 2 N–H and O–H groups in total. The van der Waals surface area contributed by atoms with E-state index in [4.69, 9.17) is 10.5 Å². The van der Waals surface area contributed by atoms with Gasteiger partial charge < -0.3 is 10.5 Å². The van der Waals surface area contributed by atoms with Crippen LogP contribution >= 0.6 is 0 Å². The number of hydrogen-bond donors (Lipinski definition) is 1. The van der Waals surface area contributed by atoms with Crippen LogP contribution in [-0.4, -0.2) is 17.6 Å². The van der Waals surface area contributed by atoms with Gasteiger partial charge in [0.2, 0.25) is 0 Å². The third-order valence-corrected chi connectivity index (χ3v) is 1.89. The minimum absolute atomic E-state index is 0.102. The molecule has 0 aromatic rings. The predicted octanol–water partition coefficient (Wildman–Crippen LogP) is 1.70. The molecule has 0 unspecified atom stereocenters. The molecule has 0 aliphatic carbocycles. The van der Waals surface area contributed by atoms with Crippen molar-refractivity contribution in [2.75, 3.05) is 0 Å². The zero-order valence-corrected chi connectivity index (χ0v) is 9.26. The van der Waals surface area contributed by atoms with Gasteiger partial charge in [0.05, 0.1) is 5.92 Å². The van der Waals surface area contributed by atoms with Crippen molar-refractivity contribution in [3.63, 3.8) is 0 Å². The monoisotopic (exact) mass is 187 g/mol. The largest absolute Gasteiger partial charge is 0.460 e. The molecule has 78 valence electrons. The molecule has 0 saturated carbocycles. The quantitative estimate of drug-likeness (QED) is 0.684. The van der Waals surface area contributed by atoms with Gasteiger partial charge in [-0.1, -0.05) is 13.8 Å². The van der Waals surface area contributed by atoms with E-state index >= 15 is 0 Å². The van der Waals surface area contributed by atoms with Gasteiger partial charge in [0, 0.05) is 6.04 Å². The summed E-state index contributed by atoms with van der Waals surface area (Å²) >= 11 is 0. The highest BCUT2D eigenvalue weighted by Crippen LogP contribution is 2.13. The van der Waals surface area contributed by atoms with Gasteiger partial charge in [-0.15, -0.1) is 0 Å². The van der Waals surface area contributed by atoms with Crippen LogP contribution in [0.5, 0.6) is 0 Å². The molecule has 0 amide bonds.